The highest BCUT2D eigenvalue weighted by Gasteiger charge is 2.27. The number of nitrogens with zero attached hydrogens (tertiary/aromatic N) is 1. The molecule has 4 rings (SSSR count). The lowest BCUT2D eigenvalue weighted by Gasteiger charge is -2.24. The number of sulfonamides is 1. The van der Waals surface area contributed by atoms with E-state index < -0.39 is 22.5 Å². The lowest BCUT2D eigenvalue weighted by Crippen LogP contribution is -2.38. The third kappa shape index (κ3) is 6.05. The quantitative estimate of drug-likeness (QED) is 0.284. The number of aryl methyl sites for hydroxylation is 2. The van der Waals surface area contributed by atoms with Gasteiger partial charge in [0.2, 0.25) is 5.91 Å². The Morgan fingerprint density at radius 2 is 1.50 bits per heavy atom. The fraction of sp³-hybridized carbons (Fsp3) is 0.107. The number of carbonyl (C=O) groups excluding carboxylic acids is 1. The summed E-state index contributed by atoms with van der Waals surface area (Å²) in [6.45, 7) is 3.26. The molecule has 0 bridgehead atoms. The van der Waals surface area contributed by atoms with Crippen molar-refractivity contribution in [3.8, 4) is 11.5 Å². The fourth-order valence-corrected chi connectivity index (χ4v) is 5.04. The molecule has 0 saturated carbocycles. The molecule has 4 aromatic carbocycles. The molecule has 36 heavy (non-hydrogen) atoms. The number of rotatable bonds is 8. The SMILES string of the molecule is Cc1ccc(S(=O)(=O)N(CC(=O)Nc2ccc(Oc3ccccc3)cc2)c2ccc(C)c(Cl)c2)cc1. The van der Waals surface area contributed by atoms with Crippen LogP contribution in [-0.2, 0) is 14.8 Å². The Bertz CT molecular complexity index is 1460. The van der Waals surface area contributed by atoms with Gasteiger partial charge in [0.25, 0.3) is 10.0 Å². The first-order chi connectivity index (χ1) is 17.2. The van der Waals surface area contributed by atoms with Crippen LogP contribution in [0.2, 0.25) is 5.02 Å². The molecule has 0 aromatic heterocycles. The van der Waals surface area contributed by atoms with Crippen LogP contribution >= 0.6 is 11.6 Å². The molecule has 0 unspecified atom stereocenters. The molecule has 0 saturated heterocycles. The minimum absolute atomic E-state index is 0.0833. The van der Waals surface area contributed by atoms with Gasteiger partial charge in [-0.1, -0.05) is 53.6 Å². The summed E-state index contributed by atoms with van der Waals surface area (Å²) >= 11 is 6.28. The molecule has 0 heterocycles. The first kappa shape index (κ1) is 25.3. The average Bonchev–Trinajstić information content (AvgIpc) is 2.86. The van der Waals surface area contributed by atoms with Crippen LogP contribution in [0.5, 0.6) is 11.5 Å². The van der Waals surface area contributed by atoms with Crippen molar-refractivity contribution in [2.45, 2.75) is 18.7 Å². The van der Waals surface area contributed by atoms with Gasteiger partial charge in [-0.3, -0.25) is 9.10 Å². The summed E-state index contributed by atoms with van der Waals surface area (Å²) in [5.41, 5.74) is 2.54. The van der Waals surface area contributed by atoms with E-state index in [4.69, 9.17) is 16.3 Å². The molecular formula is C28H25ClN2O4S. The molecule has 0 aliphatic carbocycles. The Morgan fingerprint density at radius 3 is 2.14 bits per heavy atom. The molecule has 4 aromatic rings. The molecule has 184 valence electrons. The summed E-state index contributed by atoms with van der Waals surface area (Å²) in [4.78, 5) is 13.1. The number of ether oxygens (including phenoxy) is 1. The van der Waals surface area contributed by atoms with E-state index in [2.05, 4.69) is 5.32 Å². The molecule has 0 atom stereocenters. The maximum Gasteiger partial charge on any atom is 0.264 e. The summed E-state index contributed by atoms with van der Waals surface area (Å²) in [7, 11) is -4.04. The van der Waals surface area contributed by atoms with Crippen LogP contribution < -0.4 is 14.4 Å². The molecule has 0 aliphatic heterocycles. The number of anilines is 2. The van der Waals surface area contributed by atoms with Gasteiger partial charge in [-0.05, 0) is 80.1 Å². The summed E-state index contributed by atoms with van der Waals surface area (Å²) in [5.74, 6) is 0.805. The lowest BCUT2D eigenvalue weighted by molar-refractivity contribution is -0.114. The molecule has 0 fully saturated rings. The minimum Gasteiger partial charge on any atom is -0.457 e. The van der Waals surface area contributed by atoms with Crippen molar-refractivity contribution in [1.82, 2.24) is 0 Å². The van der Waals surface area contributed by atoms with Crippen molar-refractivity contribution < 1.29 is 17.9 Å². The molecule has 0 radical (unpaired) electrons. The van der Waals surface area contributed by atoms with E-state index in [0.29, 0.717) is 27.9 Å². The second kappa shape index (κ2) is 10.8. The Labute approximate surface area is 216 Å². The Balaban J connectivity index is 1.55. The van der Waals surface area contributed by atoms with Crippen molar-refractivity contribution in [3.63, 3.8) is 0 Å². The van der Waals surface area contributed by atoms with Crippen molar-refractivity contribution >= 4 is 38.9 Å². The van der Waals surface area contributed by atoms with Crippen LogP contribution in [0, 0.1) is 13.8 Å². The highest BCUT2D eigenvalue weighted by molar-refractivity contribution is 7.92. The zero-order chi connectivity index (χ0) is 25.7. The lowest BCUT2D eigenvalue weighted by atomic mass is 10.2. The average molecular weight is 521 g/mol. The smallest absolute Gasteiger partial charge is 0.264 e. The van der Waals surface area contributed by atoms with Gasteiger partial charge in [-0.2, -0.15) is 0 Å². The molecule has 0 spiro atoms. The van der Waals surface area contributed by atoms with Crippen molar-refractivity contribution in [1.29, 1.82) is 0 Å². The number of hydrogen-bond donors (Lipinski definition) is 1. The number of para-hydroxylation sites is 1. The summed E-state index contributed by atoms with van der Waals surface area (Å²) in [6.07, 6.45) is 0. The largest absolute Gasteiger partial charge is 0.457 e. The van der Waals surface area contributed by atoms with Crippen LogP contribution in [0.15, 0.2) is 102 Å². The van der Waals surface area contributed by atoms with Gasteiger partial charge in [0.1, 0.15) is 18.0 Å². The second-order valence-electron chi connectivity index (χ2n) is 8.25. The third-order valence-corrected chi connectivity index (χ3v) is 7.65. The number of hydrogen-bond acceptors (Lipinski definition) is 4. The van der Waals surface area contributed by atoms with Crippen LogP contribution in [0.4, 0.5) is 11.4 Å². The minimum atomic E-state index is -4.04. The van der Waals surface area contributed by atoms with Gasteiger partial charge in [0, 0.05) is 10.7 Å². The molecular weight excluding hydrogens is 496 g/mol. The number of carbonyl (C=O) groups is 1. The van der Waals surface area contributed by atoms with Crippen LogP contribution in [0.1, 0.15) is 11.1 Å². The zero-order valence-corrected chi connectivity index (χ0v) is 21.4. The van der Waals surface area contributed by atoms with E-state index in [1.54, 1.807) is 54.6 Å². The Hall–Kier alpha value is -3.81. The van der Waals surface area contributed by atoms with Gasteiger partial charge in [0.05, 0.1) is 10.6 Å². The van der Waals surface area contributed by atoms with Gasteiger partial charge < -0.3 is 10.1 Å². The van der Waals surface area contributed by atoms with Gasteiger partial charge in [-0.25, -0.2) is 8.42 Å². The summed E-state index contributed by atoms with van der Waals surface area (Å²) in [6, 6.07) is 27.6. The Kier molecular flexibility index (Phi) is 7.62. The topological polar surface area (TPSA) is 75.7 Å². The Morgan fingerprint density at radius 1 is 0.861 bits per heavy atom. The highest BCUT2D eigenvalue weighted by atomic mass is 35.5. The number of nitrogens with one attached hydrogen (secondary N) is 1. The fourth-order valence-electron chi connectivity index (χ4n) is 3.45. The van der Waals surface area contributed by atoms with E-state index >= 15 is 0 Å². The molecule has 1 N–H and O–H groups in total. The van der Waals surface area contributed by atoms with E-state index in [9.17, 15) is 13.2 Å². The second-order valence-corrected chi connectivity index (χ2v) is 10.5. The number of amides is 1. The zero-order valence-electron chi connectivity index (χ0n) is 19.8. The molecule has 1 amide bonds. The standard InChI is InChI=1S/C28H25ClN2O4S/c1-20-8-16-26(17-9-20)36(33,34)31(23-13-10-21(2)27(29)18-23)19-28(32)30-22-11-14-25(15-12-22)35-24-6-4-3-5-7-24/h3-18H,19H2,1-2H3,(H,30,32). The monoisotopic (exact) mass is 520 g/mol. The van der Waals surface area contributed by atoms with Crippen molar-refractivity contribution in [2.75, 3.05) is 16.2 Å². The van der Waals surface area contributed by atoms with Gasteiger partial charge in [0.15, 0.2) is 0 Å². The maximum atomic E-state index is 13.5. The van der Waals surface area contributed by atoms with E-state index in [1.165, 1.54) is 12.1 Å². The maximum absolute atomic E-state index is 13.5. The van der Waals surface area contributed by atoms with Crippen LogP contribution in [0.25, 0.3) is 0 Å². The first-order valence-electron chi connectivity index (χ1n) is 11.2. The van der Waals surface area contributed by atoms with Crippen molar-refractivity contribution in [3.05, 3.63) is 113 Å². The van der Waals surface area contributed by atoms with Gasteiger partial charge in [-0.15, -0.1) is 0 Å². The predicted molar refractivity (Wildman–Crippen MR) is 143 cm³/mol. The van der Waals surface area contributed by atoms with E-state index in [1.807, 2.05) is 44.2 Å². The van der Waals surface area contributed by atoms with Crippen LogP contribution in [0.3, 0.4) is 0 Å². The molecule has 6 nitrogen and oxygen atoms in total. The van der Waals surface area contributed by atoms with Gasteiger partial charge >= 0.3 is 0 Å². The number of halogens is 1. The highest BCUT2D eigenvalue weighted by Crippen LogP contribution is 2.28. The predicted octanol–water partition coefficient (Wildman–Crippen LogP) is 6.58. The third-order valence-electron chi connectivity index (χ3n) is 5.46. The summed E-state index contributed by atoms with van der Waals surface area (Å²) < 4.78 is 33.9. The normalized spacial score (nSPS) is 11.1. The van der Waals surface area contributed by atoms with Crippen LogP contribution in [-0.4, -0.2) is 20.9 Å². The first-order valence-corrected chi connectivity index (χ1v) is 13.0. The summed E-state index contributed by atoms with van der Waals surface area (Å²) in [5, 5.41) is 3.17. The van der Waals surface area contributed by atoms with E-state index in [-0.39, 0.29) is 4.90 Å². The molecule has 8 heteroatoms. The van der Waals surface area contributed by atoms with E-state index in [0.717, 1.165) is 15.4 Å². The van der Waals surface area contributed by atoms with Crippen molar-refractivity contribution in [2.24, 2.45) is 0 Å². The molecule has 0 aliphatic rings. The number of benzene rings is 4.